The second-order valence-corrected chi connectivity index (χ2v) is 4.24. The molecular formula is C11H18N2O. The number of ketones is 1. The molecule has 0 unspecified atom stereocenters. The lowest BCUT2D eigenvalue weighted by atomic mass is 9.83. The standard InChI is InChI=1S/C11H18N2O/c1-4-11(2,3)10(14)6-5-9-7-12-8-13-9/h7-8H,4-6H2,1-3H3,(H,12,13). The Kier molecular flexibility index (Phi) is 3.44. The van der Waals surface area contributed by atoms with E-state index in [-0.39, 0.29) is 5.41 Å². The number of rotatable bonds is 5. The van der Waals surface area contributed by atoms with Crippen LogP contribution < -0.4 is 0 Å². The van der Waals surface area contributed by atoms with Gasteiger partial charge < -0.3 is 4.98 Å². The second kappa shape index (κ2) is 4.40. The first-order chi connectivity index (χ1) is 6.56. The van der Waals surface area contributed by atoms with Crippen molar-refractivity contribution in [1.82, 2.24) is 9.97 Å². The summed E-state index contributed by atoms with van der Waals surface area (Å²) in [5, 5.41) is 0. The van der Waals surface area contributed by atoms with E-state index in [2.05, 4.69) is 9.97 Å². The van der Waals surface area contributed by atoms with Crippen molar-refractivity contribution in [3.63, 3.8) is 0 Å². The zero-order chi connectivity index (χ0) is 10.6. The zero-order valence-corrected chi connectivity index (χ0v) is 9.13. The summed E-state index contributed by atoms with van der Waals surface area (Å²) in [5.41, 5.74) is 0.852. The summed E-state index contributed by atoms with van der Waals surface area (Å²) in [6.45, 7) is 6.05. The Bertz CT molecular complexity index is 288. The van der Waals surface area contributed by atoms with Crippen LogP contribution in [0.3, 0.4) is 0 Å². The first kappa shape index (κ1) is 11.0. The third-order valence-electron chi connectivity index (χ3n) is 2.81. The van der Waals surface area contributed by atoms with Crippen molar-refractivity contribution in [3.8, 4) is 0 Å². The van der Waals surface area contributed by atoms with Gasteiger partial charge in [-0.25, -0.2) is 4.98 Å². The van der Waals surface area contributed by atoms with Gasteiger partial charge in [-0.15, -0.1) is 0 Å². The summed E-state index contributed by atoms with van der Waals surface area (Å²) in [4.78, 5) is 18.7. The molecule has 1 aromatic rings. The number of imidazole rings is 1. The van der Waals surface area contributed by atoms with Crippen LogP contribution in [0.4, 0.5) is 0 Å². The number of aromatic nitrogens is 2. The van der Waals surface area contributed by atoms with Gasteiger partial charge in [0, 0.05) is 23.7 Å². The summed E-state index contributed by atoms with van der Waals surface area (Å²) < 4.78 is 0. The predicted octanol–water partition coefficient (Wildman–Crippen LogP) is 2.35. The van der Waals surface area contributed by atoms with Gasteiger partial charge in [-0.1, -0.05) is 20.8 Å². The summed E-state index contributed by atoms with van der Waals surface area (Å²) in [7, 11) is 0. The second-order valence-electron chi connectivity index (χ2n) is 4.24. The number of aromatic amines is 1. The normalized spacial score (nSPS) is 11.6. The molecule has 0 aromatic carbocycles. The lowest BCUT2D eigenvalue weighted by molar-refractivity contribution is -0.127. The number of Topliss-reactive ketones (excluding diaryl/α,β-unsaturated/α-hetero) is 1. The van der Waals surface area contributed by atoms with Crippen LogP contribution in [0.1, 0.15) is 39.3 Å². The maximum Gasteiger partial charge on any atom is 0.138 e. The highest BCUT2D eigenvalue weighted by molar-refractivity contribution is 5.84. The van der Waals surface area contributed by atoms with Gasteiger partial charge in [0.05, 0.1) is 6.33 Å². The molecule has 0 aliphatic heterocycles. The Labute approximate surface area is 84.9 Å². The fraction of sp³-hybridized carbons (Fsp3) is 0.636. The molecule has 0 spiro atoms. The number of hydrogen-bond acceptors (Lipinski definition) is 2. The fourth-order valence-corrected chi connectivity index (χ4v) is 1.21. The molecule has 78 valence electrons. The molecule has 0 radical (unpaired) electrons. The molecule has 3 nitrogen and oxygen atoms in total. The average molecular weight is 194 g/mol. The van der Waals surface area contributed by atoms with Crippen LogP contribution in [0.5, 0.6) is 0 Å². The highest BCUT2D eigenvalue weighted by Crippen LogP contribution is 2.23. The van der Waals surface area contributed by atoms with Gasteiger partial charge in [-0.3, -0.25) is 4.79 Å². The summed E-state index contributed by atoms with van der Waals surface area (Å²) in [5.74, 6) is 0.328. The van der Waals surface area contributed by atoms with Gasteiger partial charge in [0.15, 0.2) is 0 Å². The van der Waals surface area contributed by atoms with E-state index in [1.54, 1.807) is 12.5 Å². The van der Waals surface area contributed by atoms with Crippen LogP contribution in [0.25, 0.3) is 0 Å². The van der Waals surface area contributed by atoms with Crippen LogP contribution in [0.2, 0.25) is 0 Å². The maximum absolute atomic E-state index is 11.8. The van der Waals surface area contributed by atoms with Gasteiger partial charge >= 0.3 is 0 Å². The highest BCUT2D eigenvalue weighted by atomic mass is 16.1. The van der Waals surface area contributed by atoms with E-state index in [0.717, 1.165) is 18.5 Å². The highest BCUT2D eigenvalue weighted by Gasteiger charge is 2.24. The van der Waals surface area contributed by atoms with Crippen molar-refractivity contribution >= 4 is 5.78 Å². The number of nitrogens with one attached hydrogen (secondary N) is 1. The molecule has 3 heteroatoms. The van der Waals surface area contributed by atoms with E-state index in [9.17, 15) is 4.79 Å². The third kappa shape index (κ3) is 2.69. The minimum absolute atomic E-state index is 0.181. The van der Waals surface area contributed by atoms with Gasteiger partial charge in [0.1, 0.15) is 5.78 Å². The van der Waals surface area contributed by atoms with Gasteiger partial charge in [-0.2, -0.15) is 0 Å². The maximum atomic E-state index is 11.8. The molecule has 1 aromatic heterocycles. The fourth-order valence-electron chi connectivity index (χ4n) is 1.21. The third-order valence-corrected chi connectivity index (χ3v) is 2.81. The van der Waals surface area contributed by atoms with Crippen LogP contribution in [0, 0.1) is 5.41 Å². The van der Waals surface area contributed by atoms with Gasteiger partial charge in [-0.05, 0) is 12.8 Å². The Morgan fingerprint density at radius 1 is 1.57 bits per heavy atom. The van der Waals surface area contributed by atoms with Crippen molar-refractivity contribution in [2.24, 2.45) is 5.41 Å². The minimum atomic E-state index is -0.181. The number of nitrogens with zero attached hydrogens (tertiary/aromatic N) is 1. The zero-order valence-electron chi connectivity index (χ0n) is 9.13. The van der Waals surface area contributed by atoms with Crippen molar-refractivity contribution in [1.29, 1.82) is 0 Å². The Morgan fingerprint density at radius 3 is 2.79 bits per heavy atom. The number of aryl methyl sites for hydroxylation is 1. The summed E-state index contributed by atoms with van der Waals surface area (Å²) in [6, 6.07) is 0. The van der Waals surface area contributed by atoms with Crippen LogP contribution in [-0.2, 0) is 11.2 Å². The van der Waals surface area contributed by atoms with Crippen molar-refractivity contribution < 1.29 is 4.79 Å². The molecule has 1 N–H and O–H groups in total. The van der Waals surface area contributed by atoms with E-state index in [1.165, 1.54) is 0 Å². The van der Waals surface area contributed by atoms with Gasteiger partial charge in [0.25, 0.3) is 0 Å². The van der Waals surface area contributed by atoms with Crippen molar-refractivity contribution in [3.05, 3.63) is 18.2 Å². The monoisotopic (exact) mass is 194 g/mol. The van der Waals surface area contributed by atoms with E-state index in [4.69, 9.17) is 0 Å². The van der Waals surface area contributed by atoms with Crippen molar-refractivity contribution in [2.45, 2.75) is 40.0 Å². The molecule has 0 aliphatic carbocycles. The molecule has 0 aliphatic rings. The predicted molar refractivity (Wildman–Crippen MR) is 56.0 cm³/mol. The molecule has 0 saturated heterocycles. The molecule has 14 heavy (non-hydrogen) atoms. The first-order valence-electron chi connectivity index (χ1n) is 5.07. The number of carbonyl (C=O) groups is 1. The molecule has 0 fully saturated rings. The lowest BCUT2D eigenvalue weighted by Crippen LogP contribution is -2.23. The number of H-pyrrole nitrogens is 1. The quantitative estimate of drug-likeness (QED) is 0.782. The number of hydrogen-bond donors (Lipinski definition) is 1. The topological polar surface area (TPSA) is 45.8 Å². The van der Waals surface area contributed by atoms with E-state index >= 15 is 0 Å². The molecule has 0 bridgehead atoms. The largest absolute Gasteiger partial charge is 0.348 e. The molecule has 1 rings (SSSR count). The van der Waals surface area contributed by atoms with Crippen LogP contribution in [0.15, 0.2) is 12.5 Å². The molecule has 0 amide bonds. The Morgan fingerprint density at radius 2 is 2.29 bits per heavy atom. The molecule has 0 saturated carbocycles. The SMILES string of the molecule is CCC(C)(C)C(=O)CCc1cnc[nH]1. The summed E-state index contributed by atoms with van der Waals surface area (Å²) >= 11 is 0. The summed E-state index contributed by atoms with van der Waals surface area (Å²) in [6.07, 6.45) is 5.68. The Balaban J connectivity index is 2.43. The first-order valence-corrected chi connectivity index (χ1v) is 5.07. The lowest BCUT2D eigenvalue weighted by Gasteiger charge is -2.20. The average Bonchev–Trinajstić information content (AvgIpc) is 2.66. The van der Waals surface area contributed by atoms with E-state index < -0.39 is 0 Å². The minimum Gasteiger partial charge on any atom is -0.348 e. The van der Waals surface area contributed by atoms with E-state index in [0.29, 0.717) is 12.2 Å². The molecule has 1 heterocycles. The smallest absolute Gasteiger partial charge is 0.138 e. The molecule has 0 atom stereocenters. The number of carbonyl (C=O) groups excluding carboxylic acids is 1. The molecular weight excluding hydrogens is 176 g/mol. The van der Waals surface area contributed by atoms with Crippen molar-refractivity contribution in [2.75, 3.05) is 0 Å². The van der Waals surface area contributed by atoms with E-state index in [1.807, 2.05) is 20.8 Å². The van der Waals surface area contributed by atoms with Gasteiger partial charge in [0.2, 0.25) is 0 Å². The Hall–Kier alpha value is -1.12. The van der Waals surface area contributed by atoms with Crippen LogP contribution >= 0.6 is 0 Å². The van der Waals surface area contributed by atoms with Crippen LogP contribution in [-0.4, -0.2) is 15.8 Å².